The van der Waals surface area contributed by atoms with Crippen LogP contribution in [-0.2, 0) is 5.88 Å². The molecule has 1 fully saturated rings. The molecule has 0 aromatic carbocycles. The zero-order valence-electron chi connectivity index (χ0n) is 8.99. The molecule has 0 amide bonds. The summed E-state index contributed by atoms with van der Waals surface area (Å²) in [5, 5.41) is 0. The average Bonchev–Trinajstić information content (AvgIpc) is 2.78. The van der Waals surface area contributed by atoms with Gasteiger partial charge in [0.05, 0.1) is 24.0 Å². The van der Waals surface area contributed by atoms with E-state index in [2.05, 4.69) is 21.8 Å². The Hall–Kier alpha value is -0.830. The third-order valence-corrected chi connectivity index (χ3v) is 3.29. The lowest BCUT2D eigenvalue weighted by Gasteiger charge is -2.16. The van der Waals surface area contributed by atoms with Gasteiger partial charge in [0.15, 0.2) is 0 Å². The van der Waals surface area contributed by atoms with Crippen LogP contribution in [0.4, 0.5) is 5.82 Å². The van der Waals surface area contributed by atoms with Gasteiger partial charge in [0.2, 0.25) is 0 Å². The van der Waals surface area contributed by atoms with Gasteiger partial charge in [-0.15, -0.1) is 11.6 Å². The number of alkyl halides is 1. The Morgan fingerprint density at radius 3 is 2.87 bits per heavy atom. The minimum absolute atomic E-state index is 0.435. The van der Waals surface area contributed by atoms with Crippen LogP contribution in [0.2, 0.25) is 0 Å². The summed E-state index contributed by atoms with van der Waals surface area (Å²) in [5.41, 5.74) is 0.839. The molecule has 0 spiro atoms. The monoisotopic (exact) mass is 225 g/mol. The molecule has 0 aliphatic carbocycles. The summed E-state index contributed by atoms with van der Waals surface area (Å²) in [6.07, 6.45) is 6.12. The van der Waals surface area contributed by atoms with Crippen molar-refractivity contribution in [3.8, 4) is 0 Å². The predicted octanol–water partition coefficient (Wildman–Crippen LogP) is 2.45. The Morgan fingerprint density at radius 1 is 1.47 bits per heavy atom. The highest BCUT2D eigenvalue weighted by Gasteiger charge is 2.21. The Labute approximate surface area is 95.5 Å². The summed E-state index contributed by atoms with van der Waals surface area (Å²) in [5.74, 6) is 2.24. The molecular weight excluding hydrogens is 210 g/mol. The van der Waals surface area contributed by atoms with Crippen molar-refractivity contribution in [2.24, 2.45) is 5.92 Å². The maximum Gasteiger partial charge on any atom is 0.147 e. The summed E-state index contributed by atoms with van der Waals surface area (Å²) in [6, 6.07) is 0. The van der Waals surface area contributed by atoms with Crippen LogP contribution in [0.15, 0.2) is 12.4 Å². The largest absolute Gasteiger partial charge is 0.355 e. The highest BCUT2D eigenvalue weighted by atomic mass is 35.5. The van der Waals surface area contributed by atoms with Gasteiger partial charge >= 0.3 is 0 Å². The minimum atomic E-state index is 0.435. The number of hydrogen-bond acceptors (Lipinski definition) is 3. The third kappa shape index (κ3) is 2.40. The van der Waals surface area contributed by atoms with Crippen molar-refractivity contribution < 1.29 is 0 Å². The van der Waals surface area contributed by atoms with E-state index in [1.807, 2.05) is 6.20 Å². The average molecular weight is 226 g/mol. The number of nitrogens with zero attached hydrogens (tertiary/aromatic N) is 3. The summed E-state index contributed by atoms with van der Waals surface area (Å²) in [4.78, 5) is 10.9. The molecule has 1 aliphatic rings. The van der Waals surface area contributed by atoms with Gasteiger partial charge in [-0.3, -0.25) is 4.98 Å². The van der Waals surface area contributed by atoms with E-state index in [9.17, 15) is 0 Å². The summed E-state index contributed by atoms with van der Waals surface area (Å²) in [7, 11) is 0. The molecule has 0 bridgehead atoms. The van der Waals surface area contributed by atoms with E-state index in [0.717, 1.165) is 30.5 Å². The Kier molecular flexibility index (Phi) is 3.41. The molecule has 1 unspecified atom stereocenters. The zero-order valence-corrected chi connectivity index (χ0v) is 9.74. The molecular formula is C11H16ClN3. The van der Waals surface area contributed by atoms with Gasteiger partial charge in [0.1, 0.15) is 5.82 Å². The fourth-order valence-electron chi connectivity index (χ4n) is 1.95. The Bertz CT molecular complexity index is 312. The molecule has 0 N–H and O–H groups in total. The first-order chi connectivity index (χ1) is 7.33. The van der Waals surface area contributed by atoms with Crippen molar-refractivity contribution in [2.45, 2.75) is 25.6 Å². The van der Waals surface area contributed by atoms with Crippen molar-refractivity contribution in [3.05, 3.63) is 18.1 Å². The maximum atomic E-state index is 5.67. The van der Waals surface area contributed by atoms with Crippen LogP contribution in [-0.4, -0.2) is 23.1 Å². The lowest BCUT2D eigenvalue weighted by atomic mass is 10.1. The van der Waals surface area contributed by atoms with Gasteiger partial charge < -0.3 is 4.90 Å². The molecule has 0 saturated carbocycles. The van der Waals surface area contributed by atoms with Crippen LogP contribution >= 0.6 is 11.6 Å². The first-order valence-corrected chi connectivity index (χ1v) is 5.98. The van der Waals surface area contributed by atoms with Crippen LogP contribution in [0.5, 0.6) is 0 Å². The van der Waals surface area contributed by atoms with Crippen molar-refractivity contribution in [1.29, 1.82) is 0 Å². The fourth-order valence-corrected chi connectivity index (χ4v) is 2.09. The highest BCUT2D eigenvalue weighted by molar-refractivity contribution is 6.16. The summed E-state index contributed by atoms with van der Waals surface area (Å²) >= 11 is 5.67. The Morgan fingerprint density at radius 2 is 2.33 bits per heavy atom. The number of rotatable bonds is 3. The predicted molar refractivity (Wildman–Crippen MR) is 62.2 cm³/mol. The first-order valence-electron chi connectivity index (χ1n) is 5.45. The third-order valence-electron chi connectivity index (χ3n) is 3.02. The SMILES string of the molecule is CCC1CCN(c2cnc(CCl)cn2)C1. The second-order valence-corrected chi connectivity index (χ2v) is 4.28. The zero-order chi connectivity index (χ0) is 10.7. The van der Waals surface area contributed by atoms with Crippen LogP contribution in [0.25, 0.3) is 0 Å². The van der Waals surface area contributed by atoms with Crippen molar-refractivity contribution in [2.75, 3.05) is 18.0 Å². The molecule has 0 radical (unpaired) electrons. The van der Waals surface area contributed by atoms with Gasteiger partial charge in [-0.2, -0.15) is 0 Å². The number of hydrogen-bond donors (Lipinski definition) is 0. The number of anilines is 1. The second-order valence-electron chi connectivity index (χ2n) is 4.01. The Balaban J connectivity index is 2.04. The molecule has 1 aliphatic heterocycles. The van der Waals surface area contributed by atoms with E-state index in [0.29, 0.717) is 5.88 Å². The van der Waals surface area contributed by atoms with Gasteiger partial charge in [-0.05, 0) is 12.3 Å². The molecule has 1 saturated heterocycles. The topological polar surface area (TPSA) is 29.0 Å². The van der Waals surface area contributed by atoms with Crippen molar-refractivity contribution in [3.63, 3.8) is 0 Å². The standard InChI is InChI=1S/C11H16ClN3/c1-2-9-3-4-15(8-9)11-7-13-10(5-12)6-14-11/h6-7,9H,2-5,8H2,1H3. The summed E-state index contributed by atoms with van der Waals surface area (Å²) in [6.45, 7) is 4.47. The molecule has 3 nitrogen and oxygen atoms in total. The van der Waals surface area contributed by atoms with Crippen LogP contribution in [0.3, 0.4) is 0 Å². The number of halogens is 1. The van der Waals surface area contributed by atoms with E-state index in [4.69, 9.17) is 11.6 Å². The van der Waals surface area contributed by atoms with E-state index in [1.54, 1.807) is 6.20 Å². The quantitative estimate of drug-likeness (QED) is 0.740. The molecule has 15 heavy (non-hydrogen) atoms. The first kappa shape index (κ1) is 10.7. The molecule has 2 heterocycles. The van der Waals surface area contributed by atoms with Crippen molar-refractivity contribution in [1.82, 2.24) is 9.97 Å². The maximum absolute atomic E-state index is 5.67. The van der Waals surface area contributed by atoms with E-state index in [-0.39, 0.29) is 0 Å². The molecule has 1 atom stereocenters. The van der Waals surface area contributed by atoms with Crippen LogP contribution < -0.4 is 4.90 Å². The molecule has 1 aromatic heterocycles. The van der Waals surface area contributed by atoms with Gasteiger partial charge in [0.25, 0.3) is 0 Å². The van der Waals surface area contributed by atoms with Gasteiger partial charge in [-0.1, -0.05) is 13.3 Å². The van der Waals surface area contributed by atoms with E-state index >= 15 is 0 Å². The van der Waals surface area contributed by atoms with Crippen LogP contribution in [0, 0.1) is 5.92 Å². The molecule has 1 aromatic rings. The van der Waals surface area contributed by atoms with E-state index in [1.165, 1.54) is 12.8 Å². The highest BCUT2D eigenvalue weighted by Crippen LogP contribution is 2.23. The summed E-state index contributed by atoms with van der Waals surface area (Å²) < 4.78 is 0. The fraction of sp³-hybridized carbons (Fsp3) is 0.636. The minimum Gasteiger partial charge on any atom is -0.355 e. The van der Waals surface area contributed by atoms with Gasteiger partial charge in [0, 0.05) is 13.1 Å². The molecule has 2 rings (SSSR count). The number of aromatic nitrogens is 2. The molecule has 4 heteroatoms. The van der Waals surface area contributed by atoms with Crippen molar-refractivity contribution >= 4 is 17.4 Å². The molecule has 82 valence electrons. The van der Waals surface area contributed by atoms with Crippen LogP contribution in [0.1, 0.15) is 25.5 Å². The lowest BCUT2D eigenvalue weighted by Crippen LogP contribution is -2.20. The lowest BCUT2D eigenvalue weighted by molar-refractivity contribution is 0.568. The smallest absolute Gasteiger partial charge is 0.147 e. The second kappa shape index (κ2) is 4.79. The van der Waals surface area contributed by atoms with E-state index < -0.39 is 0 Å². The van der Waals surface area contributed by atoms with Gasteiger partial charge in [-0.25, -0.2) is 4.98 Å². The normalized spacial score (nSPS) is 20.9.